The van der Waals surface area contributed by atoms with Crippen LogP contribution < -0.4 is 0 Å². The summed E-state index contributed by atoms with van der Waals surface area (Å²) in [4.78, 5) is 0. The van der Waals surface area contributed by atoms with Crippen molar-refractivity contribution in [1.29, 1.82) is 0 Å². The molecule has 0 saturated heterocycles. The van der Waals surface area contributed by atoms with Gasteiger partial charge in [0.25, 0.3) is 0 Å². The van der Waals surface area contributed by atoms with Crippen molar-refractivity contribution >= 4 is 23.1 Å². The highest BCUT2D eigenvalue weighted by atomic mass is 16.4. The third kappa shape index (κ3) is 3.27. The number of hydrogen-bond acceptors (Lipinski definition) is 4. The Morgan fingerprint density at radius 1 is 0.792 bits per heavy atom. The number of para-hydroxylation sites is 1. The Labute approximate surface area is 139 Å². The van der Waals surface area contributed by atoms with Crippen LogP contribution in [0.5, 0.6) is 0 Å². The molecule has 0 N–H and O–H groups in total. The van der Waals surface area contributed by atoms with E-state index in [1.165, 1.54) is 5.56 Å². The predicted octanol–water partition coefficient (Wildman–Crippen LogP) is 4.77. The molecule has 4 nitrogen and oxygen atoms in total. The third-order valence-electron chi connectivity index (χ3n) is 3.79. The van der Waals surface area contributed by atoms with E-state index in [0.717, 1.165) is 29.6 Å². The molecule has 4 rings (SSSR count). The van der Waals surface area contributed by atoms with Gasteiger partial charge in [0.1, 0.15) is 11.3 Å². The Morgan fingerprint density at radius 3 is 2.50 bits per heavy atom. The summed E-state index contributed by atoms with van der Waals surface area (Å²) < 4.78 is 11.4. The number of rotatable bonds is 5. The van der Waals surface area contributed by atoms with Crippen LogP contribution >= 0.6 is 0 Å². The van der Waals surface area contributed by atoms with Gasteiger partial charge in [-0.2, -0.15) is 0 Å². The Balaban J connectivity index is 1.42. The van der Waals surface area contributed by atoms with Gasteiger partial charge in [0.2, 0.25) is 11.8 Å². The fourth-order valence-electron chi connectivity index (χ4n) is 2.57. The van der Waals surface area contributed by atoms with E-state index in [2.05, 4.69) is 22.3 Å². The summed E-state index contributed by atoms with van der Waals surface area (Å²) >= 11 is 0. The van der Waals surface area contributed by atoms with Gasteiger partial charge in [-0.1, -0.05) is 48.5 Å². The SMILES string of the molecule is C(=C\c1nnc(CCc2ccccc2)o1)/c1cc2ccccc2o1. The molecule has 0 radical (unpaired) electrons. The van der Waals surface area contributed by atoms with Gasteiger partial charge in [-0.3, -0.25) is 0 Å². The second-order valence-corrected chi connectivity index (χ2v) is 5.54. The van der Waals surface area contributed by atoms with E-state index in [0.29, 0.717) is 11.8 Å². The first-order valence-electron chi connectivity index (χ1n) is 7.90. The summed E-state index contributed by atoms with van der Waals surface area (Å²) in [5, 5.41) is 9.22. The normalized spacial score (nSPS) is 11.5. The topological polar surface area (TPSA) is 52.1 Å². The van der Waals surface area contributed by atoms with E-state index in [-0.39, 0.29) is 0 Å². The fourth-order valence-corrected chi connectivity index (χ4v) is 2.57. The van der Waals surface area contributed by atoms with E-state index in [1.807, 2.05) is 54.6 Å². The van der Waals surface area contributed by atoms with E-state index >= 15 is 0 Å². The van der Waals surface area contributed by atoms with Gasteiger partial charge in [-0.15, -0.1) is 10.2 Å². The molecule has 0 amide bonds. The number of benzene rings is 2. The first-order chi connectivity index (χ1) is 11.9. The molecule has 0 unspecified atom stereocenters. The van der Waals surface area contributed by atoms with Crippen molar-refractivity contribution in [3.05, 3.63) is 83.8 Å². The van der Waals surface area contributed by atoms with Crippen LogP contribution in [0.1, 0.15) is 23.1 Å². The van der Waals surface area contributed by atoms with Crippen molar-refractivity contribution in [2.24, 2.45) is 0 Å². The van der Waals surface area contributed by atoms with Gasteiger partial charge < -0.3 is 8.83 Å². The molecule has 2 aromatic heterocycles. The lowest BCUT2D eigenvalue weighted by Crippen LogP contribution is -1.90. The number of aromatic nitrogens is 2. The molecule has 0 fully saturated rings. The van der Waals surface area contributed by atoms with Crippen LogP contribution in [0.2, 0.25) is 0 Å². The maximum absolute atomic E-state index is 5.73. The standard InChI is InChI=1S/C20H16N2O2/c1-2-6-15(7-3-1)10-12-19-21-22-20(24-19)13-11-17-14-16-8-4-5-9-18(16)23-17/h1-9,11,13-14H,10,12H2/b13-11+. The van der Waals surface area contributed by atoms with Crippen LogP contribution in [-0.2, 0) is 12.8 Å². The number of furan rings is 1. The highest BCUT2D eigenvalue weighted by molar-refractivity contribution is 5.81. The van der Waals surface area contributed by atoms with Crippen molar-refractivity contribution in [2.45, 2.75) is 12.8 Å². The zero-order valence-corrected chi connectivity index (χ0v) is 13.1. The van der Waals surface area contributed by atoms with E-state index in [1.54, 1.807) is 6.08 Å². The van der Waals surface area contributed by atoms with Crippen LogP contribution in [0.4, 0.5) is 0 Å². The van der Waals surface area contributed by atoms with Gasteiger partial charge in [0.15, 0.2) is 0 Å². The van der Waals surface area contributed by atoms with Crippen LogP contribution in [0.15, 0.2) is 69.5 Å². The number of nitrogens with zero attached hydrogens (tertiary/aromatic N) is 2. The van der Waals surface area contributed by atoms with Crippen molar-refractivity contribution in [3.63, 3.8) is 0 Å². The summed E-state index contributed by atoms with van der Waals surface area (Å²) in [6.07, 6.45) is 5.23. The van der Waals surface area contributed by atoms with Gasteiger partial charge in [-0.25, -0.2) is 0 Å². The Morgan fingerprint density at radius 2 is 1.62 bits per heavy atom. The van der Waals surface area contributed by atoms with Crippen LogP contribution in [0.3, 0.4) is 0 Å². The Hall–Kier alpha value is -3.14. The van der Waals surface area contributed by atoms with Crippen LogP contribution in [0.25, 0.3) is 23.1 Å². The summed E-state index contributed by atoms with van der Waals surface area (Å²) in [5.41, 5.74) is 2.13. The van der Waals surface area contributed by atoms with Crippen LogP contribution in [-0.4, -0.2) is 10.2 Å². The minimum atomic E-state index is 0.485. The summed E-state index contributed by atoms with van der Waals surface area (Å²) in [6.45, 7) is 0. The number of hydrogen-bond donors (Lipinski definition) is 0. The minimum absolute atomic E-state index is 0.485. The third-order valence-corrected chi connectivity index (χ3v) is 3.79. The zero-order valence-electron chi connectivity index (χ0n) is 13.1. The molecular weight excluding hydrogens is 300 g/mol. The predicted molar refractivity (Wildman–Crippen MR) is 93.3 cm³/mol. The smallest absolute Gasteiger partial charge is 0.240 e. The second kappa shape index (κ2) is 6.54. The van der Waals surface area contributed by atoms with Crippen molar-refractivity contribution in [1.82, 2.24) is 10.2 Å². The highest BCUT2D eigenvalue weighted by Crippen LogP contribution is 2.20. The molecule has 4 heteroatoms. The fraction of sp³-hybridized carbons (Fsp3) is 0.100. The maximum atomic E-state index is 5.73. The average Bonchev–Trinajstić information content (AvgIpc) is 3.25. The van der Waals surface area contributed by atoms with Crippen LogP contribution in [0, 0.1) is 0 Å². The molecule has 0 aliphatic rings. The van der Waals surface area contributed by atoms with E-state index in [4.69, 9.17) is 8.83 Å². The maximum Gasteiger partial charge on any atom is 0.240 e. The molecule has 24 heavy (non-hydrogen) atoms. The summed E-state index contributed by atoms with van der Waals surface area (Å²) in [6, 6.07) is 20.2. The first kappa shape index (κ1) is 14.5. The summed E-state index contributed by atoms with van der Waals surface area (Å²) in [5.74, 6) is 1.89. The quantitative estimate of drug-likeness (QED) is 0.532. The van der Waals surface area contributed by atoms with E-state index in [9.17, 15) is 0 Å². The second-order valence-electron chi connectivity index (χ2n) is 5.54. The first-order valence-corrected chi connectivity index (χ1v) is 7.90. The molecule has 0 aliphatic heterocycles. The van der Waals surface area contributed by atoms with Crippen molar-refractivity contribution < 1.29 is 8.83 Å². The Bertz CT molecular complexity index is 934. The molecule has 0 aliphatic carbocycles. The van der Waals surface area contributed by atoms with Gasteiger partial charge in [0, 0.05) is 17.9 Å². The number of aryl methyl sites for hydroxylation is 2. The largest absolute Gasteiger partial charge is 0.457 e. The average molecular weight is 316 g/mol. The van der Waals surface area contributed by atoms with Gasteiger partial charge in [-0.05, 0) is 30.2 Å². The lowest BCUT2D eigenvalue weighted by molar-refractivity contribution is 0.484. The van der Waals surface area contributed by atoms with Gasteiger partial charge in [0.05, 0.1) is 0 Å². The van der Waals surface area contributed by atoms with Crippen molar-refractivity contribution in [2.75, 3.05) is 0 Å². The van der Waals surface area contributed by atoms with Crippen molar-refractivity contribution in [3.8, 4) is 0 Å². The molecule has 4 aromatic rings. The molecule has 2 aromatic carbocycles. The molecular formula is C20H16N2O2. The molecule has 0 atom stereocenters. The summed E-state index contributed by atoms with van der Waals surface area (Å²) in [7, 11) is 0. The molecule has 118 valence electrons. The monoisotopic (exact) mass is 316 g/mol. The molecule has 0 saturated carbocycles. The highest BCUT2D eigenvalue weighted by Gasteiger charge is 2.05. The number of fused-ring (bicyclic) bond motifs is 1. The molecule has 0 spiro atoms. The van der Waals surface area contributed by atoms with E-state index < -0.39 is 0 Å². The zero-order chi connectivity index (χ0) is 16.2. The Kier molecular flexibility index (Phi) is 3.94. The minimum Gasteiger partial charge on any atom is -0.457 e. The van der Waals surface area contributed by atoms with Gasteiger partial charge >= 0.3 is 0 Å². The lowest BCUT2D eigenvalue weighted by Gasteiger charge is -1.96. The molecule has 0 bridgehead atoms. The lowest BCUT2D eigenvalue weighted by atomic mass is 10.1. The molecule has 2 heterocycles.